The minimum atomic E-state index is -3.39. The van der Waals surface area contributed by atoms with Crippen LogP contribution < -0.4 is 16.2 Å². The lowest BCUT2D eigenvalue weighted by Crippen LogP contribution is -2.35. The molecule has 10 heteroatoms. The molecule has 2 aromatic heterocycles. The van der Waals surface area contributed by atoms with E-state index < -0.39 is 9.84 Å². The van der Waals surface area contributed by atoms with Crippen molar-refractivity contribution >= 4 is 38.1 Å². The Morgan fingerprint density at radius 1 is 1.10 bits per heavy atom. The molecule has 4 aromatic rings. The van der Waals surface area contributed by atoms with Gasteiger partial charge in [-0.1, -0.05) is 36.8 Å². The van der Waals surface area contributed by atoms with Crippen LogP contribution >= 0.6 is 0 Å². The predicted octanol–water partition coefficient (Wildman–Crippen LogP) is 4.52. The van der Waals surface area contributed by atoms with Gasteiger partial charge in [0.1, 0.15) is 5.65 Å². The second-order valence-corrected chi connectivity index (χ2v) is 13.3. The molecule has 1 saturated heterocycles. The molecule has 0 bridgehead atoms. The van der Waals surface area contributed by atoms with Crippen LogP contribution in [0.3, 0.4) is 0 Å². The van der Waals surface area contributed by atoms with Crippen LogP contribution in [-0.4, -0.2) is 60.8 Å². The minimum Gasteiger partial charge on any atom is -0.324 e. The number of nitrogens with zero attached hydrogens (tertiary/aromatic N) is 4. The summed E-state index contributed by atoms with van der Waals surface area (Å²) in [5, 5.41) is 7.40. The van der Waals surface area contributed by atoms with E-state index >= 15 is 0 Å². The zero-order valence-electron chi connectivity index (χ0n) is 24.0. The topological polar surface area (TPSA) is 109 Å². The number of piperidine rings is 1. The number of benzene rings is 2. The van der Waals surface area contributed by atoms with Crippen LogP contribution in [0.5, 0.6) is 0 Å². The van der Waals surface area contributed by atoms with Crippen molar-refractivity contribution in [2.45, 2.75) is 43.2 Å². The number of hydrogen-bond donors (Lipinski definition) is 2. The quantitative estimate of drug-likeness (QED) is 0.326. The Morgan fingerprint density at radius 2 is 1.93 bits per heavy atom. The average molecular weight is 585 g/mol. The highest BCUT2D eigenvalue weighted by Crippen LogP contribution is 2.30. The van der Waals surface area contributed by atoms with Crippen LogP contribution in [0.1, 0.15) is 48.4 Å². The fourth-order valence-corrected chi connectivity index (χ4v) is 6.62. The van der Waals surface area contributed by atoms with Gasteiger partial charge >= 0.3 is 0 Å². The zero-order valence-corrected chi connectivity index (χ0v) is 24.8. The average Bonchev–Trinajstić information content (AvgIpc) is 3.00. The van der Waals surface area contributed by atoms with E-state index in [9.17, 15) is 13.2 Å². The number of hydrogen-bond acceptors (Lipinski definition) is 8. The summed E-state index contributed by atoms with van der Waals surface area (Å²) in [6.07, 6.45) is 9.26. The standard InChI is InChI=1S/C32H36N6O3S/c1-37-17-4-3-8-29(37)28-19-25-20-34-32(35-26-11-9-23(10-12-26)24-13-15-33-16-14-24)36-30(25)38(31(28)39)21-22-6-5-7-27(18-22)42(2,40)41/h5-7,9-13,18-20,29,33H,3-4,8,14-17,21H2,1-2H3,(H,34,35,36). The van der Waals surface area contributed by atoms with E-state index in [-0.39, 0.29) is 23.0 Å². The second-order valence-electron chi connectivity index (χ2n) is 11.3. The summed E-state index contributed by atoms with van der Waals surface area (Å²) in [7, 11) is -1.33. The van der Waals surface area contributed by atoms with Crippen molar-refractivity contribution in [3.05, 3.63) is 93.9 Å². The van der Waals surface area contributed by atoms with Crippen molar-refractivity contribution in [3.8, 4) is 0 Å². The number of likely N-dealkylation sites (tertiary alicyclic amines) is 1. The van der Waals surface area contributed by atoms with Crippen molar-refractivity contribution in [2.75, 3.05) is 38.3 Å². The summed E-state index contributed by atoms with van der Waals surface area (Å²) in [5.74, 6) is 0.386. The van der Waals surface area contributed by atoms with E-state index in [1.54, 1.807) is 29.0 Å². The molecule has 6 rings (SSSR count). The number of anilines is 2. The fraction of sp³-hybridized carbons (Fsp3) is 0.344. The van der Waals surface area contributed by atoms with Gasteiger partial charge in [0, 0.05) is 41.7 Å². The smallest absolute Gasteiger partial charge is 0.257 e. The van der Waals surface area contributed by atoms with Gasteiger partial charge in [-0.15, -0.1) is 0 Å². The maximum Gasteiger partial charge on any atom is 0.257 e. The van der Waals surface area contributed by atoms with Gasteiger partial charge in [-0.3, -0.25) is 14.3 Å². The Morgan fingerprint density at radius 3 is 2.67 bits per heavy atom. The number of nitrogens with one attached hydrogen (secondary N) is 2. The summed E-state index contributed by atoms with van der Waals surface area (Å²) in [6.45, 7) is 3.00. The molecule has 1 unspecified atom stereocenters. The highest BCUT2D eigenvalue weighted by Gasteiger charge is 2.25. The number of pyridine rings is 1. The first-order valence-electron chi connectivity index (χ1n) is 14.4. The molecule has 0 radical (unpaired) electrons. The van der Waals surface area contributed by atoms with Gasteiger partial charge in [0.15, 0.2) is 9.84 Å². The Balaban J connectivity index is 1.39. The predicted molar refractivity (Wildman–Crippen MR) is 167 cm³/mol. The van der Waals surface area contributed by atoms with Crippen molar-refractivity contribution in [2.24, 2.45) is 0 Å². The van der Waals surface area contributed by atoms with E-state index in [2.05, 4.69) is 45.8 Å². The molecule has 1 fully saturated rings. The molecule has 42 heavy (non-hydrogen) atoms. The Hall–Kier alpha value is -3.86. The van der Waals surface area contributed by atoms with Gasteiger partial charge in [0.05, 0.1) is 11.4 Å². The molecule has 2 N–H and O–H groups in total. The van der Waals surface area contributed by atoms with Crippen LogP contribution in [0.2, 0.25) is 0 Å². The highest BCUT2D eigenvalue weighted by molar-refractivity contribution is 7.90. The molecule has 0 aliphatic carbocycles. The zero-order chi connectivity index (χ0) is 29.3. The number of fused-ring (bicyclic) bond motifs is 1. The van der Waals surface area contributed by atoms with E-state index in [1.807, 2.05) is 24.3 Å². The summed E-state index contributed by atoms with van der Waals surface area (Å²) in [6, 6.07) is 16.9. The van der Waals surface area contributed by atoms with Crippen molar-refractivity contribution < 1.29 is 8.42 Å². The van der Waals surface area contributed by atoms with Crippen LogP contribution in [-0.2, 0) is 16.4 Å². The van der Waals surface area contributed by atoms with Gasteiger partial charge < -0.3 is 10.6 Å². The summed E-state index contributed by atoms with van der Waals surface area (Å²) in [4.78, 5) is 26.0. The summed E-state index contributed by atoms with van der Waals surface area (Å²) >= 11 is 0. The molecule has 4 heterocycles. The molecule has 0 spiro atoms. The van der Waals surface area contributed by atoms with E-state index in [0.29, 0.717) is 17.2 Å². The molecule has 1 atom stereocenters. The first kappa shape index (κ1) is 28.3. The first-order chi connectivity index (χ1) is 20.3. The number of sulfone groups is 1. The first-order valence-corrected chi connectivity index (χ1v) is 16.3. The van der Waals surface area contributed by atoms with Crippen molar-refractivity contribution in [1.29, 1.82) is 0 Å². The van der Waals surface area contributed by atoms with Gasteiger partial charge in [0.2, 0.25) is 5.95 Å². The third kappa shape index (κ3) is 6.01. The number of aromatic nitrogens is 3. The molecule has 218 valence electrons. The maximum atomic E-state index is 14.1. The third-order valence-corrected chi connectivity index (χ3v) is 9.34. The van der Waals surface area contributed by atoms with E-state index in [1.165, 1.54) is 17.4 Å². The lowest BCUT2D eigenvalue weighted by atomic mass is 9.96. The molecule has 2 aliphatic heterocycles. The third-order valence-electron chi connectivity index (χ3n) is 8.23. The Labute approximate surface area is 246 Å². The summed E-state index contributed by atoms with van der Waals surface area (Å²) in [5.41, 5.74) is 5.21. The fourth-order valence-electron chi connectivity index (χ4n) is 5.93. The van der Waals surface area contributed by atoms with Crippen molar-refractivity contribution in [1.82, 2.24) is 24.8 Å². The van der Waals surface area contributed by atoms with Crippen LogP contribution in [0.25, 0.3) is 16.6 Å². The molecule has 0 saturated carbocycles. The van der Waals surface area contributed by atoms with Crippen LogP contribution in [0.15, 0.2) is 76.6 Å². The molecule has 2 aliphatic rings. The molecular formula is C32H36N6O3S. The highest BCUT2D eigenvalue weighted by atomic mass is 32.2. The minimum absolute atomic E-state index is 0.00984. The number of rotatable bonds is 7. The Bertz CT molecular complexity index is 1810. The van der Waals surface area contributed by atoms with Gasteiger partial charge in [-0.2, -0.15) is 4.98 Å². The SMILES string of the molecule is CN1CCCCC1c1cc2cnc(Nc3ccc(C4=CCNCC4)cc3)nc2n(Cc2cccc(S(C)(=O)=O)c2)c1=O. The molecule has 9 nitrogen and oxygen atoms in total. The van der Waals surface area contributed by atoms with E-state index in [0.717, 1.165) is 62.0 Å². The van der Waals surface area contributed by atoms with Gasteiger partial charge in [-0.25, -0.2) is 13.4 Å². The second kappa shape index (κ2) is 11.8. The van der Waals surface area contributed by atoms with Gasteiger partial charge in [-0.05, 0) is 86.4 Å². The van der Waals surface area contributed by atoms with Crippen LogP contribution in [0, 0.1) is 0 Å². The van der Waals surface area contributed by atoms with E-state index in [4.69, 9.17) is 4.98 Å². The Kier molecular flexibility index (Phi) is 7.94. The largest absolute Gasteiger partial charge is 0.324 e. The lowest BCUT2D eigenvalue weighted by Gasteiger charge is -2.32. The lowest BCUT2D eigenvalue weighted by molar-refractivity contribution is 0.186. The molecular weight excluding hydrogens is 548 g/mol. The normalized spacial score (nSPS) is 18.1. The monoisotopic (exact) mass is 584 g/mol. The van der Waals surface area contributed by atoms with Crippen molar-refractivity contribution in [3.63, 3.8) is 0 Å². The maximum absolute atomic E-state index is 14.1. The van der Waals surface area contributed by atoms with Gasteiger partial charge in [0.25, 0.3) is 5.56 Å². The molecule has 2 aromatic carbocycles. The van der Waals surface area contributed by atoms with Crippen LogP contribution in [0.4, 0.5) is 11.6 Å². The summed E-state index contributed by atoms with van der Waals surface area (Å²) < 4.78 is 26.1. The molecule has 0 amide bonds.